The molecule has 0 aliphatic rings. The molecule has 3 aromatic rings. The molecular weight excluding hydrogens is 324 g/mol. The number of hydrogen-bond donors (Lipinski definition) is 1. The zero-order valence-electron chi connectivity index (χ0n) is 12.8. The number of H-pyrrole nitrogens is 1. The number of ketones is 1. The lowest BCUT2D eigenvalue weighted by Gasteiger charge is -2.01. The molecule has 1 aromatic carbocycles. The van der Waals surface area contributed by atoms with Gasteiger partial charge in [-0.3, -0.25) is 4.79 Å². The van der Waals surface area contributed by atoms with Crippen molar-refractivity contribution in [3.63, 3.8) is 0 Å². The van der Waals surface area contributed by atoms with E-state index >= 15 is 0 Å². The fourth-order valence-electron chi connectivity index (χ4n) is 2.33. The van der Waals surface area contributed by atoms with Gasteiger partial charge < -0.3 is 4.98 Å². The maximum atomic E-state index is 12.4. The number of aromatic nitrogens is 3. The Kier molecular flexibility index (Phi) is 4.41. The number of imidazole rings is 1. The second-order valence-corrected chi connectivity index (χ2v) is 5.74. The number of aryl methyl sites for hydroxylation is 1. The molecule has 1 N–H and O–H groups in total. The first-order chi connectivity index (χ1) is 11.6. The third-order valence-electron chi connectivity index (χ3n) is 3.59. The van der Waals surface area contributed by atoms with Crippen molar-refractivity contribution in [2.24, 2.45) is 0 Å². The molecule has 5 nitrogen and oxygen atoms in total. The molecule has 0 aliphatic heterocycles. The minimum atomic E-state index is -1.01. The van der Waals surface area contributed by atoms with E-state index in [9.17, 15) is 10.1 Å². The van der Waals surface area contributed by atoms with Crippen LogP contribution in [0.5, 0.6) is 0 Å². The standard InChI is InChI=1S/C18H13ClN4O/c1-11-7-8-21-18-16(11)22-17(23-18)14(10-20)15(24)6-5-12-3-2-4-13(19)9-12/h2-9,14H,1H3,(H,21,22,23)/b6-5+/t14-/m1/s1. The molecule has 0 amide bonds. The Labute approximate surface area is 143 Å². The first-order valence-corrected chi connectivity index (χ1v) is 7.64. The molecule has 0 unspecified atom stereocenters. The monoisotopic (exact) mass is 336 g/mol. The van der Waals surface area contributed by atoms with Crippen LogP contribution in [-0.2, 0) is 4.79 Å². The number of allylic oxidation sites excluding steroid dienone is 1. The van der Waals surface area contributed by atoms with Crippen LogP contribution in [0.15, 0.2) is 42.6 Å². The molecule has 2 heterocycles. The number of pyridine rings is 1. The zero-order valence-corrected chi connectivity index (χ0v) is 13.6. The van der Waals surface area contributed by atoms with Gasteiger partial charge in [-0.1, -0.05) is 29.8 Å². The third kappa shape index (κ3) is 3.19. The zero-order chi connectivity index (χ0) is 17.1. The predicted octanol–water partition coefficient (Wildman–Crippen LogP) is 3.81. The van der Waals surface area contributed by atoms with E-state index in [0.29, 0.717) is 16.5 Å². The van der Waals surface area contributed by atoms with Gasteiger partial charge in [-0.2, -0.15) is 5.26 Å². The summed E-state index contributed by atoms with van der Waals surface area (Å²) in [5.74, 6) is -1.06. The van der Waals surface area contributed by atoms with Gasteiger partial charge in [0, 0.05) is 11.2 Å². The molecule has 24 heavy (non-hydrogen) atoms. The van der Waals surface area contributed by atoms with Crippen molar-refractivity contribution in [2.45, 2.75) is 12.8 Å². The fraction of sp³-hybridized carbons (Fsp3) is 0.111. The van der Waals surface area contributed by atoms with Crippen LogP contribution in [0.1, 0.15) is 22.9 Å². The second-order valence-electron chi connectivity index (χ2n) is 5.30. The van der Waals surface area contributed by atoms with Crippen molar-refractivity contribution in [3.8, 4) is 6.07 Å². The van der Waals surface area contributed by atoms with Crippen LogP contribution in [0.2, 0.25) is 5.02 Å². The largest absolute Gasteiger partial charge is 0.339 e. The average molecular weight is 337 g/mol. The summed E-state index contributed by atoms with van der Waals surface area (Å²) in [6.45, 7) is 1.91. The van der Waals surface area contributed by atoms with Crippen LogP contribution in [0.3, 0.4) is 0 Å². The topological polar surface area (TPSA) is 82.4 Å². The molecule has 0 bridgehead atoms. The van der Waals surface area contributed by atoms with E-state index in [0.717, 1.165) is 16.6 Å². The number of aromatic amines is 1. The molecule has 0 radical (unpaired) electrons. The highest BCUT2D eigenvalue weighted by Crippen LogP contribution is 2.20. The van der Waals surface area contributed by atoms with Gasteiger partial charge >= 0.3 is 0 Å². The molecule has 6 heteroatoms. The van der Waals surface area contributed by atoms with Gasteiger partial charge in [-0.05, 0) is 42.3 Å². The molecular formula is C18H13ClN4O. The number of carbonyl (C=O) groups is 1. The number of benzene rings is 1. The lowest BCUT2D eigenvalue weighted by molar-refractivity contribution is -0.114. The van der Waals surface area contributed by atoms with Crippen LogP contribution >= 0.6 is 11.6 Å². The van der Waals surface area contributed by atoms with Crippen LogP contribution in [0, 0.1) is 18.3 Å². The highest BCUT2D eigenvalue weighted by molar-refractivity contribution is 6.30. The third-order valence-corrected chi connectivity index (χ3v) is 3.83. The van der Waals surface area contributed by atoms with Crippen molar-refractivity contribution in [1.82, 2.24) is 15.0 Å². The van der Waals surface area contributed by atoms with E-state index in [1.165, 1.54) is 6.08 Å². The molecule has 0 spiro atoms. The quantitative estimate of drug-likeness (QED) is 0.734. The van der Waals surface area contributed by atoms with Gasteiger partial charge in [0.2, 0.25) is 0 Å². The van der Waals surface area contributed by atoms with Crippen LogP contribution in [0.25, 0.3) is 17.2 Å². The first-order valence-electron chi connectivity index (χ1n) is 7.27. The van der Waals surface area contributed by atoms with Gasteiger partial charge in [-0.25, -0.2) is 9.97 Å². The summed E-state index contributed by atoms with van der Waals surface area (Å²) >= 11 is 5.91. The number of rotatable bonds is 4. The molecule has 2 aromatic heterocycles. The molecule has 0 saturated carbocycles. The molecule has 1 atom stereocenters. The molecule has 0 fully saturated rings. The highest BCUT2D eigenvalue weighted by Gasteiger charge is 2.22. The Morgan fingerprint density at radius 1 is 1.42 bits per heavy atom. The van der Waals surface area contributed by atoms with Gasteiger partial charge in [0.1, 0.15) is 5.82 Å². The van der Waals surface area contributed by atoms with E-state index in [4.69, 9.17) is 11.6 Å². The van der Waals surface area contributed by atoms with E-state index in [1.807, 2.05) is 25.1 Å². The minimum absolute atomic E-state index is 0.301. The smallest absolute Gasteiger partial charge is 0.180 e. The predicted molar refractivity (Wildman–Crippen MR) is 92.5 cm³/mol. The maximum absolute atomic E-state index is 12.4. The Morgan fingerprint density at radius 2 is 2.25 bits per heavy atom. The Bertz CT molecular complexity index is 984. The van der Waals surface area contributed by atoms with E-state index in [2.05, 4.69) is 15.0 Å². The van der Waals surface area contributed by atoms with Crippen LogP contribution < -0.4 is 0 Å². The fourth-order valence-corrected chi connectivity index (χ4v) is 2.53. The summed E-state index contributed by atoms with van der Waals surface area (Å²) in [7, 11) is 0. The number of nitrogens with zero attached hydrogens (tertiary/aromatic N) is 3. The summed E-state index contributed by atoms with van der Waals surface area (Å²) in [5, 5.41) is 9.96. The normalized spacial score (nSPS) is 12.4. The van der Waals surface area contributed by atoms with Crippen molar-refractivity contribution in [3.05, 3.63) is 64.6 Å². The van der Waals surface area contributed by atoms with Crippen LogP contribution in [-0.4, -0.2) is 20.7 Å². The summed E-state index contributed by atoms with van der Waals surface area (Å²) in [6, 6.07) is 10.9. The Hall–Kier alpha value is -2.97. The van der Waals surface area contributed by atoms with E-state index in [-0.39, 0.29) is 5.78 Å². The number of hydrogen-bond acceptors (Lipinski definition) is 4. The van der Waals surface area contributed by atoms with Gasteiger partial charge in [0.05, 0.1) is 11.6 Å². The first kappa shape index (κ1) is 15.9. The SMILES string of the molecule is Cc1ccnc2nc([C@H](C#N)C(=O)/C=C/c3cccc(Cl)c3)[nH]c12. The Morgan fingerprint density at radius 3 is 2.96 bits per heavy atom. The molecule has 0 aliphatic carbocycles. The molecule has 118 valence electrons. The van der Waals surface area contributed by atoms with Crippen molar-refractivity contribution >= 4 is 34.6 Å². The lowest BCUT2D eigenvalue weighted by atomic mass is 10.0. The van der Waals surface area contributed by atoms with Gasteiger partial charge in [-0.15, -0.1) is 0 Å². The summed E-state index contributed by atoms with van der Waals surface area (Å²) in [5.41, 5.74) is 2.98. The Balaban J connectivity index is 1.88. The van der Waals surface area contributed by atoms with Crippen molar-refractivity contribution in [1.29, 1.82) is 5.26 Å². The summed E-state index contributed by atoms with van der Waals surface area (Å²) in [6.07, 6.45) is 4.64. The summed E-state index contributed by atoms with van der Waals surface area (Å²) < 4.78 is 0. The van der Waals surface area contributed by atoms with Gasteiger partial charge in [0.15, 0.2) is 17.3 Å². The van der Waals surface area contributed by atoms with Crippen molar-refractivity contribution < 1.29 is 4.79 Å². The summed E-state index contributed by atoms with van der Waals surface area (Å²) in [4.78, 5) is 23.8. The van der Waals surface area contributed by atoms with Crippen LogP contribution in [0.4, 0.5) is 0 Å². The number of carbonyl (C=O) groups excluding carboxylic acids is 1. The van der Waals surface area contributed by atoms with E-state index in [1.54, 1.807) is 30.5 Å². The maximum Gasteiger partial charge on any atom is 0.180 e. The molecule has 0 saturated heterocycles. The van der Waals surface area contributed by atoms with Crippen molar-refractivity contribution in [2.75, 3.05) is 0 Å². The van der Waals surface area contributed by atoms with E-state index < -0.39 is 5.92 Å². The van der Waals surface area contributed by atoms with Gasteiger partial charge in [0.25, 0.3) is 0 Å². The molecule has 3 rings (SSSR count). The number of fused-ring (bicyclic) bond motifs is 1. The minimum Gasteiger partial charge on any atom is -0.339 e. The number of nitrogens with one attached hydrogen (secondary N) is 1. The number of halogens is 1. The number of nitriles is 1. The average Bonchev–Trinajstić information content (AvgIpc) is 2.99. The highest BCUT2D eigenvalue weighted by atomic mass is 35.5. The lowest BCUT2D eigenvalue weighted by Crippen LogP contribution is -2.09. The second kappa shape index (κ2) is 6.65.